The molecule has 0 radical (unpaired) electrons. The number of carbonyl (C=O) groups excluding carboxylic acids is 1. The highest BCUT2D eigenvalue weighted by Gasteiger charge is 2.34. The van der Waals surface area contributed by atoms with Gasteiger partial charge < -0.3 is 19.3 Å². The van der Waals surface area contributed by atoms with Crippen molar-refractivity contribution in [3.63, 3.8) is 0 Å². The second-order valence-corrected chi connectivity index (χ2v) is 8.05. The maximum Gasteiger partial charge on any atom is 0.434 e. The lowest BCUT2D eigenvalue weighted by atomic mass is 10.0. The Morgan fingerprint density at radius 2 is 1.83 bits per heavy atom. The van der Waals surface area contributed by atoms with Crippen LogP contribution < -0.4 is 5.73 Å². The second kappa shape index (κ2) is 8.08. The third-order valence-corrected chi connectivity index (χ3v) is 5.43. The fourth-order valence-electron chi connectivity index (χ4n) is 3.87. The largest absolute Gasteiger partial charge is 0.450 e. The predicted molar refractivity (Wildman–Crippen MR) is 119 cm³/mol. The Balaban J connectivity index is 1.75. The van der Waals surface area contributed by atoms with Gasteiger partial charge in [-0.05, 0) is 38.1 Å². The van der Waals surface area contributed by atoms with Gasteiger partial charge in [0.25, 0.3) is 5.91 Å². The van der Waals surface area contributed by atoms with E-state index in [1.165, 1.54) is 4.57 Å². The number of nitrogens with zero attached hydrogens (tertiary/aromatic N) is 6. The van der Waals surface area contributed by atoms with E-state index in [9.17, 15) is 18.0 Å². The summed E-state index contributed by atoms with van der Waals surface area (Å²) in [6.45, 7) is 3.94. The van der Waals surface area contributed by atoms with Gasteiger partial charge in [0.15, 0.2) is 11.5 Å². The van der Waals surface area contributed by atoms with Crippen molar-refractivity contribution >= 4 is 16.9 Å². The van der Waals surface area contributed by atoms with Crippen LogP contribution in [-0.4, -0.2) is 35.2 Å². The standard InChI is InChI=1S/C23H18F3N7O2/c1-12(2)33-11-29-31-22(33)14-6-3-5-13(30-14)18-19-15(32-9-17(28-10-32)23(24,25)26)7-4-8-16(19)35-20(18)21(27)34/h3-12H,1-2H3,(H2,27,34). The molecular weight excluding hydrogens is 463 g/mol. The molecule has 2 N–H and O–H groups in total. The minimum absolute atomic E-state index is 0.0667. The molecule has 4 heterocycles. The molecule has 0 aliphatic heterocycles. The average molecular weight is 481 g/mol. The van der Waals surface area contributed by atoms with Crippen LogP contribution in [0.2, 0.25) is 0 Å². The smallest absolute Gasteiger partial charge is 0.434 e. The molecule has 12 heteroatoms. The third-order valence-electron chi connectivity index (χ3n) is 5.43. The minimum Gasteiger partial charge on any atom is -0.450 e. The van der Waals surface area contributed by atoms with E-state index in [0.717, 1.165) is 12.5 Å². The van der Waals surface area contributed by atoms with Gasteiger partial charge in [-0.1, -0.05) is 12.1 Å². The van der Waals surface area contributed by atoms with Gasteiger partial charge in [0, 0.05) is 12.2 Å². The summed E-state index contributed by atoms with van der Waals surface area (Å²) in [4.78, 5) is 20.5. The molecule has 0 bridgehead atoms. The van der Waals surface area contributed by atoms with Gasteiger partial charge in [-0.15, -0.1) is 10.2 Å². The normalized spacial score (nSPS) is 12.1. The number of hydrogen-bond donors (Lipinski definition) is 1. The lowest BCUT2D eigenvalue weighted by Gasteiger charge is -2.11. The molecule has 0 saturated carbocycles. The molecule has 0 saturated heterocycles. The Morgan fingerprint density at radius 3 is 2.51 bits per heavy atom. The minimum atomic E-state index is -4.61. The molecular formula is C23H18F3N7O2. The zero-order valence-corrected chi connectivity index (χ0v) is 18.5. The molecule has 0 aliphatic carbocycles. The lowest BCUT2D eigenvalue weighted by Crippen LogP contribution is -2.11. The van der Waals surface area contributed by atoms with Crippen molar-refractivity contribution in [2.75, 3.05) is 0 Å². The zero-order chi connectivity index (χ0) is 24.9. The van der Waals surface area contributed by atoms with Gasteiger partial charge in [-0.3, -0.25) is 4.79 Å². The van der Waals surface area contributed by atoms with Crippen molar-refractivity contribution < 1.29 is 22.4 Å². The van der Waals surface area contributed by atoms with E-state index >= 15 is 0 Å². The van der Waals surface area contributed by atoms with Crippen LogP contribution in [0.3, 0.4) is 0 Å². The van der Waals surface area contributed by atoms with Crippen molar-refractivity contribution in [3.05, 3.63) is 66.7 Å². The van der Waals surface area contributed by atoms with Crippen molar-refractivity contribution in [1.29, 1.82) is 0 Å². The molecule has 178 valence electrons. The third kappa shape index (κ3) is 3.82. The lowest BCUT2D eigenvalue weighted by molar-refractivity contribution is -0.140. The molecule has 0 spiro atoms. The van der Waals surface area contributed by atoms with Crippen molar-refractivity contribution in [3.8, 4) is 28.5 Å². The summed E-state index contributed by atoms with van der Waals surface area (Å²) in [5.41, 5.74) is 6.19. The van der Waals surface area contributed by atoms with E-state index in [1.54, 1.807) is 42.7 Å². The highest BCUT2D eigenvalue weighted by atomic mass is 19.4. The Morgan fingerprint density at radius 1 is 1.09 bits per heavy atom. The molecule has 5 aromatic rings. The fraction of sp³-hybridized carbons (Fsp3) is 0.174. The highest BCUT2D eigenvalue weighted by Crippen LogP contribution is 2.39. The number of fused-ring (bicyclic) bond motifs is 1. The van der Waals surface area contributed by atoms with Crippen LogP contribution >= 0.6 is 0 Å². The van der Waals surface area contributed by atoms with Crippen LogP contribution in [0.5, 0.6) is 0 Å². The molecule has 4 aromatic heterocycles. The number of halogens is 3. The van der Waals surface area contributed by atoms with Gasteiger partial charge in [-0.25, -0.2) is 9.97 Å². The molecule has 1 amide bonds. The number of nitrogens with two attached hydrogens (primary N) is 1. The SMILES string of the molecule is CC(C)n1cnnc1-c1cccc(-c2c(C(N)=O)oc3cccc(-n4cnc(C(F)(F)F)c4)c23)n1. The molecule has 35 heavy (non-hydrogen) atoms. The first-order valence-corrected chi connectivity index (χ1v) is 10.5. The first kappa shape index (κ1) is 22.3. The quantitative estimate of drug-likeness (QED) is 0.391. The topological polar surface area (TPSA) is 118 Å². The zero-order valence-electron chi connectivity index (χ0n) is 18.5. The van der Waals surface area contributed by atoms with Gasteiger partial charge in [0.1, 0.15) is 17.6 Å². The molecule has 0 unspecified atom stereocenters. The summed E-state index contributed by atoms with van der Waals surface area (Å²) in [5.74, 6) is -0.500. The van der Waals surface area contributed by atoms with Crippen LogP contribution in [0, 0.1) is 0 Å². The fourth-order valence-corrected chi connectivity index (χ4v) is 3.87. The second-order valence-electron chi connectivity index (χ2n) is 8.05. The maximum absolute atomic E-state index is 13.2. The van der Waals surface area contributed by atoms with Crippen LogP contribution in [0.1, 0.15) is 36.1 Å². The van der Waals surface area contributed by atoms with E-state index in [4.69, 9.17) is 10.2 Å². The monoisotopic (exact) mass is 481 g/mol. The number of furan rings is 1. The predicted octanol–water partition coefficient (Wildman–Crippen LogP) is 4.64. The first-order valence-electron chi connectivity index (χ1n) is 10.5. The van der Waals surface area contributed by atoms with E-state index < -0.39 is 17.8 Å². The number of primary amides is 1. The van der Waals surface area contributed by atoms with E-state index in [-0.39, 0.29) is 22.9 Å². The summed E-state index contributed by atoms with van der Waals surface area (Å²) in [7, 11) is 0. The Bertz CT molecular complexity index is 1560. The Hall–Kier alpha value is -4.48. The molecule has 5 rings (SSSR count). The number of pyridine rings is 1. The summed E-state index contributed by atoms with van der Waals surface area (Å²) < 4.78 is 48.3. The summed E-state index contributed by atoms with van der Waals surface area (Å²) >= 11 is 0. The van der Waals surface area contributed by atoms with E-state index in [1.807, 2.05) is 18.4 Å². The maximum atomic E-state index is 13.2. The average Bonchev–Trinajstić information content (AvgIpc) is 3.56. The number of benzene rings is 1. The molecule has 1 aromatic carbocycles. The summed E-state index contributed by atoms with van der Waals surface area (Å²) in [6.07, 6.45) is -1.11. The van der Waals surface area contributed by atoms with Crippen molar-refractivity contribution in [2.45, 2.75) is 26.1 Å². The Kier molecular flexibility index (Phi) is 5.15. The van der Waals surface area contributed by atoms with Crippen molar-refractivity contribution in [1.82, 2.24) is 29.3 Å². The summed E-state index contributed by atoms with van der Waals surface area (Å²) in [5, 5.41) is 8.48. The van der Waals surface area contributed by atoms with Gasteiger partial charge in [-0.2, -0.15) is 13.2 Å². The van der Waals surface area contributed by atoms with Crippen LogP contribution in [-0.2, 0) is 6.18 Å². The van der Waals surface area contributed by atoms with Gasteiger partial charge >= 0.3 is 6.18 Å². The number of alkyl halides is 3. The van der Waals surface area contributed by atoms with Crippen LogP contribution in [0.25, 0.3) is 39.4 Å². The number of hydrogen-bond acceptors (Lipinski definition) is 6. The van der Waals surface area contributed by atoms with Gasteiger partial charge in [0.2, 0.25) is 5.76 Å². The van der Waals surface area contributed by atoms with E-state index in [2.05, 4.69) is 20.2 Å². The van der Waals surface area contributed by atoms with Gasteiger partial charge in [0.05, 0.1) is 28.7 Å². The van der Waals surface area contributed by atoms with E-state index in [0.29, 0.717) is 28.3 Å². The number of aromatic nitrogens is 6. The number of carbonyl (C=O) groups is 1. The molecule has 0 aliphatic rings. The number of rotatable bonds is 5. The molecule has 0 fully saturated rings. The molecule has 9 nitrogen and oxygen atoms in total. The highest BCUT2D eigenvalue weighted by molar-refractivity contribution is 6.09. The Labute approximate surface area is 196 Å². The first-order chi connectivity index (χ1) is 16.6. The van der Waals surface area contributed by atoms with Crippen molar-refractivity contribution in [2.24, 2.45) is 5.73 Å². The van der Waals surface area contributed by atoms with Crippen LogP contribution in [0.4, 0.5) is 13.2 Å². The molecule has 0 atom stereocenters. The number of imidazole rings is 1. The number of amides is 1. The summed E-state index contributed by atoms with van der Waals surface area (Å²) in [6, 6.07) is 9.97. The van der Waals surface area contributed by atoms with Crippen LogP contribution in [0.15, 0.2) is 59.7 Å².